The lowest BCUT2D eigenvalue weighted by molar-refractivity contribution is -0.121. The van der Waals surface area contributed by atoms with E-state index in [0.717, 1.165) is 25.0 Å². The zero-order chi connectivity index (χ0) is 20.5. The maximum Gasteiger partial charge on any atom is 0.220 e. The Kier molecular flexibility index (Phi) is 7.29. The summed E-state index contributed by atoms with van der Waals surface area (Å²) < 4.78 is 5.64. The molecule has 29 heavy (non-hydrogen) atoms. The highest BCUT2D eigenvalue weighted by molar-refractivity contribution is 5.76. The molecule has 2 atom stereocenters. The highest BCUT2D eigenvalue weighted by Crippen LogP contribution is 2.31. The van der Waals surface area contributed by atoms with Gasteiger partial charge in [0.15, 0.2) is 0 Å². The van der Waals surface area contributed by atoms with Crippen LogP contribution in [-0.4, -0.2) is 12.5 Å². The molecule has 3 aromatic rings. The quantitative estimate of drug-likeness (QED) is 0.457. The average Bonchev–Trinajstić information content (AvgIpc) is 3.30. The Balaban J connectivity index is 1.53. The smallest absolute Gasteiger partial charge is 0.220 e. The van der Waals surface area contributed by atoms with Gasteiger partial charge in [-0.1, -0.05) is 74.5 Å². The second-order valence-corrected chi connectivity index (χ2v) is 7.90. The van der Waals surface area contributed by atoms with Crippen LogP contribution in [-0.2, 0) is 10.2 Å². The molecule has 0 saturated carbocycles. The highest BCUT2D eigenvalue weighted by Gasteiger charge is 2.24. The first-order valence-electron chi connectivity index (χ1n) is 10.5. The molecule has 0 aliphatic heterocycles. The van der Waals surface area contributed by atoms with Gasteiger partial charge in [0, 0.05) is 18.9 Å². The third kappa shape index (κ3) is 5.60. The standard InChI is InChI=1S/C26H31NO2/c1-3-26(2,22-13-8-5-9-14-22)18-19-27-25(28)17-16-23(24-15-10-20-29-24)21-11-6-4-7-12-21/h4-15,20,23H,3,16-19H2,1-2H3,(H,27,28)/t23-,26+/m0/s1. The predicted molar refractivity (Wildman–Crippen MR) is 118 cm³/mol. The number of carbonyl (C=O) groups excluding carboxylic acids is 1. The number of benzene rings is 2. The van der Waals surface area contributed by atoms with Crippen molar-refractivity contribution >= 4 is 5.91 Å². The summed E-state index contributed by atoms with van der Waals surface area (Å²) in [6.07, 6.45) is 4.88. The van der Waals surface area contributed by atoms with Crippen molar-refractivity contribution in [2.45, 2.75) is 50.9 Å². The van der Waals surface area contributed by atoms with Crippen molar-refractivity contribution in [1.29, 1.82) is 0 Å². The fourth-order valence-corrected chi connectivity index (χ4v) is 3.86. The molecule has 1 N–H and O–H groups in total. The second-order valence-electron chi connectivity index (χ2n) is 7.90. The van der Waals surface area contributed by atoms with Crippen LogP contribution < -0.4 is 5.32 Å². The fraction of sp³-hybridized carbons (Fsp3) is 0.346. The predicted octanol–water partition coefficient (Wildman–Crippen LogP) is 6.07. The zero-order valence-corrected chi connectivity index (χ0v) is 17.4. The van der Waals surface area contributed by atoms with Gasteiger partial charge in [-0.05, 0) is 47.9 Å². The molecule has 1 amide bonds. The van der Waals surface area contributed by atoms with Crippen LogP contribution in [0.4, 0.5) is 0 Å². The second kappa shape index (κ2) is 10.1. The van der Waals surface area contributed by atoms with E-state index in [1.54, 1.807) is 6.26 Å². The van der Waals surface area contributed by atoms with Crippen molar-refractivity contribution in [3.63, 3.8) is 0 Å². The number of nitrogens with one attached hydrogen (secondary N) is 1. The Bertz CT molecular complexity index is 858. The van der Waals surface area contributed by atoms with Gasteiger partial charge in [-0.25, -0.2) is 0 Å². The molecule has 2 aromatic carbocycles. The molecular weight excluding hydrogens is 358 g/mol. The molecule has 0 spiro atoms. The molecule has 3 nitrogen and oxygen atoms in total. The van der Waals surface area contributed by atoms with Crippen LogP contribution in [0.1, 0.15) is 62.3 Å². The average molecular weight is 390 g/mol. The highest BCUT2D eigenvalue weighted by atomic mass is 16.3. The normalized spacial score (nSPS) is 14.1. The van der Waals surface area contributed by atoms with Crippen LogP contribution in [0.15, 0.2) is 83.5 Å². The van der Waals surface area contributed by atoms with E-state index in [0.29, 0.717) is 13.0 Å². The Labute approximate surface area is 174 Å². The van der Waals surface area contributed by atoms with Crippen molar-refractivity contribution in [3.8, 4) is 0 Å². The van der Waals surface area contributed by atoms with Gasteiger partial charge in [0.2, 0.25) is 5.91 Å². The molecule has 0 fully saturated rings. The van der Waals surface area contributed by atoms with E-state index in [1.807, 2.05) is 36.4 Å². The first-order valence-corrected chi connectivity index (χ1v) is 10.5. The Morgan fingerprint density at radius 2 is 1.69 bits per heavy atom. The van der Waals surface area contributed by atoms with Gasteiger partial charge in [-0.3, -0.25) is 4.79 Å². The monoisotopic (exact) mass is 389 g/mol. The third-order valence-electron chi connectivity index (χ3n) is 6.00. The number of hydrogen-bond donors (Lipinski definition) is 1. The summed E-state index contributed by atoms with van der Waals surface area (Å²) in [4.78, 5) is 12.5. The summed E-state index contributed by atoms with van der Waals surface area (Å²) in [5, 5.41) is 3.12. The van der Waals surface area contributed by atoms with Crippen molar-refractivity contribution < 1.29 is 9.21 Å². The van der Waals surface area contributed by atoms with E-state index in [4.69, 9.17) is 4.42 Å². The summed E-state index contributed by atoms with van der Waals surface area (Å²) in [6.45, 7) is 5.17. The molecule has 0 radical (unpaired) electrons. The van der Waals surface area contributed by atoms with E-state index in [2.05, 4.69) is 55.6 Å². The summed E-state index contributed by atoms with van der Waals surface area (Å²) in [6, 6.07) is 24.7. The van der Waals surface area contributed by atoms with Crippen LogP contribution in [0.25, 0.3) is 0 Å². The molecule has 3 heteroatoms. The van der Waals surface area contributed by atoms with Crippen LogP contribution in [0.2, 0.25) is 0 Å². The SMILES string of the molecule is CC[C@](C)(CCNC(=O)CC[C@@H](c1ccccc1)c1ccco1)c1ccccc1. The summed E-state index contributed by atoms with van der Waals surface area (Å²) in [5.74, 6) is 1.11. The molecule has 0 bridgehead atoms. The van der Waals surface area contributed by atoms with Crippen LogP contribution in [0.3, 0.4) is 0 Å². The van der Waals surface area contributed by atoms with Gasteiger partial charge in [-0.2, -0.15) is 0 Å². The van der Waals surface area contributed by atoms with Crippen molar-refractivity contribution in [1.82, 2.24) is 5.32 Å². The maximum absolute atomic E-state index is 12.5. The Morgan fingerprint density at radius 1 is 1.00 bits per heavy atom. The fourth-order valence-electron chi connectivity index (χ4n) is 3.86. The Hall–Kier alpha value is -2.81. The van der Waals surface area contributed by atoms with E-state index in [9.17, 15) is 4.79 Å². The molecule has 0 aliphatic rings. The number of carbonyl (C=O) groups is 1. The first kappa shape index (κ1) is 20.9. The summed E-state index contributed by atoms with van der Waals surface area (Å²) >= 11 is 0. The van der Waals surface area contributed by atoms with Gasteiger partial charge in [-0.15, -0.1) is 0 Å². The van der Waals surface area contributed by atoms with E-state index in [1.165, 1.54) is 11.1 Å². The molecule has 1 heterocycles. The largest absolute Gasteiger partial charge is 0.469 e. The van der Waals surface area contributed by atoms with Crippen LogP contribution in [0.5, 0.6) is 0 Å². The minimum Gasteiger partial charge on any atom is -0.469 e. The van der Waals surface area contributed by atoms with Crippen molar-refractivity contribution in [2.75, 3.05) is 6.54 Å². The molecule has 3 rings (SSSR count). The zero-order valence-electron chi connectivity index (χ0n) is 17.4. The van der Waals surface area contributed by atoms with E-state index >= 15 is 0 Å². The molecular formula is C26H31NO2. The number of amides is 1. The van der Waals surface area contributed by atoms with Gasteiger partial charge < -0.3 is 9.73 Å². The van der Waals surface area contributed by atoms with Gasteiger partial charge in [0.05, 0.1) is 6.26 Å². The lowest BCUT2D eigenvalue weighted by Crippen LogP contribution is -2.31. The lowest BCUT2D eigenvalue weighted by Gasteiger charge is -2.29. The first-order chi connectivity index (χ1) is 14.1. The van der Waals surface area contributed by atoms with Crippen molar-refractivity contribution in [3.05, 3.63) is 95.9 Å². The van der Waals surface area contributed by atoms with Gasteiger partial charge >= 0.3 is 0 Å². The maximum atomic E-state index is 12.5. The molecule has 152 valence electrons. The molecule has 1 aromatic heterocycles. The van der Waals surface area contributed by atoms with Gasteiger partial charge in [0.1, 0.15) is 5.76 Å². The Morgan fingerprint density at radius 3 is 2.31 bits per heavy atom. The molecule has 0 unspecified atom stereocenters. The van der Waals surface area contributed by atoms with Gasteiger partial charge in [0.25, 0.3) is 0 Å². The van der Waals surface area contributed by atoms with E-state index < -0.39 is 0 Å². The summed E-state index contributed by atoms with van der Waals surface area (Å²) in [7, 11) is 0. The number of rotatable bonds is 10. The number of hydrogen-bond acceptors (Lipinski definition) is 2. The van der Waals surface area contributed by atoms with E-state index in [-0.39, 0.29) is 17.2 Å². The topological polar surface area (TPSA) is 42.2 Å². The summed E-state index contributed by atoms with van der Waals surface area (Å²) in [5.41, 5.74) is 2.59. The van der Waals surface area contributed by atoms with Crippen LogP contribution >= 0.6 is 0 Å². The molecule has 0 saturated heterocycles. The number of furan rings is 1. The van der Waals surface area contributed by atoms with Crippen LogP contribution in [0, 0.1) is 0 Å². The third-order valence-corrected chi connectivity index (χ3v) is 6.00. The minimum atomic E-state index is 0.0787. The van der Waals surface area contributed by atoms with Crippen molar-refractivity contribution in [2.24, 2.45) is 0 Å². The minimum absolute atomic E-state index is 0.0787. The molecule has 0 aliphatic carbocycles. The lowest BCUT2D eigenvalue weighted by atomic mass is 9.77.